The summed E-state index contributed by atoms with van der Waals surface area (Å²) in [6, 6.07) is 23.2. The largest absolute Gasteiger partial charge is 0.497 e. The highest BCUT2D eigenvalue weighted by Gasteiger charge is 2.29. The van der Waals surface area contributed by atoms with Crippen LogP contribution in [-0.2, 0) is 11.4 Å². The number of aromatic amines is 1. The first-order valence-corrected chi connectivity index (χ1v) is 13.0. The first kappa shape index (κ1) is 28.2. The van der Waals surface area contributed by atoms with Gasteiger partial charge in [0.25, 0.3) is 0 Å². The van der Waals surface area contributed by atoms with Crippen molar-refractivity contribution in [1.82, 2.24) is 14.9 Å². The van der Waals surface area contributed by atoms with Gasteiger partial charge >= 0.3 is 12.1 Å². The van der Waals surface area contributed by atoms with Crippen LogP contribution in [0.3, 0.4) is 0 Å². The highest BCUT2D eigenvalue weighted by atomic mass is 16.6. The standard InChI is InChI=1S/C31H33N3O6/c1-21(2)17-28(34(19-29(35)36)31(37)40-27-15-13-25(38-3)14-16-27)22-9-11-26(12-10-22)39-20-24-18-32-30(33-24)23-7-5-4-6-8-23/h4-16,18,21,28H,17,19-20H2,1-3H3,(H,32,33)(H,35,36)/t28-/m0/s1. The van der Waals surface area contributed by atoms with Crippen LogP contribution in [0.2, 0.25) is 0 Å². The number of aromatic nitrogens is 2. The van der Waals surface area contributed by atoms with Gasteiger partial charge in [-0.3, -0.25) is 9.69 Å². The van der Waals surface area contributed by atoms with Crippen molar-refractivity contribution in [3.63, 3.8) is 0 Å². The third-order valence-electron chi connectivity index (χ3n) is 6.21. The van der Waals surface area contributed by atoms with Crippen molar-refractivity contribution >= 4 is 12.1 Å². The van der Waals surface area contributed by atoms with E-state index in [2.05, 4.69) is 9.97 Å². The van der Waals surface area contributed by atoms with Crippen LogP contribution in [-0.4, -0.2) is 45.7 Å². The molecule has 4 rings (SSSR count). The molecule has 40 heavy (non-hydrogen) atoms. The maximum absolute atomic E-state index is 13.2. The van der Waals surface area contributed by atoms with Gasteiger partial charge in [-0.2, -0.15) is 0 Å². The smallest absolute Gasteiger partial charge is 0.416 e. The topological polar surface area (TPSA) is 114 Å². The van der Waals surface area contributed by atoms with E-state index in [4.69, 9.17) is 14.2 Å². The van der Waals surface area contributed by atoms with Crippen LogP contribution in [0.1, 0.15) is 37.6 Å². The van der Waals surface area contributed by atoms with E-state index in [0.717, 1.165) is 22.6 Å². The lowest BCUT2D eigenvalue weighted by Crippen LogP contribution is -2.41. The summed E-state index contributed by atoms with van der Waals surface area (Å²) in [5.41, 5.74) is 2.60. The number of hydrogen-bond donors (Lipinski definition) is 2. The van der Waals surface area contributed by atoms with Crippen LogP contribution in [0.15, 0.2) is 85.1 Å². The van der Waals surface area contributed by atoms with Crippen LogP contribution < -0.4 is 14.2 Å². The lowest BCUT2D eigenvalue weighted by molar-refractivity contribution is -0.138. The number of ether oxygens (including phenoxy) is 3. The Balaban J connectivity index is 1.47. The fourth-order valence-electron chi connectivity index (χ4n) is 4.26. The van der Waals surface area contributed by atoms with E-state index < -0.39 is 24.6 Å². The molecule has 1 heterocycles. The molecule has 1 amide bonds. The van der Waals surface area contributed by atoms with Crippen molar-refractivity contribution in [3.05, 3.63) is 96.3 Å². The Morgan fingerprint density at radius 1 is 0.925 bits per heavy atom. The summed E-state index contributed by atoms with van der Waals surface area (Å²) in [5, 5.41) is 9.60. The van der Waals surface area contributed by atoms with Gasteiger partial charge in [0.05, 0.1) is 25.0 Å². The number of amides is 1. The highest BCUT2D eigenvalue weighted by molar-refractivity contribution is 5.78. The monoisotopic (exact) mass is 543 g/mol. The molecule has 9 nitrogen and oxygen atoms in total. The molecule has 0 aliphatic carbocycles. The van der Waals surface area contributed by atoms with Gasteiger partial charge in [0.15, 0.2) is 0 Å². The average molecular weight is 544 g/mol. The molecule has 4 aromatic rings. The number of H-pyrrole nitrogens is 1. The van der Waals surface area contributed by atoms with E-state index in [1.54, 1.807) is 37.6 Å². The third-order valence-corrected chi connectivity index (χ3v) is 6.21. The molecule has 0 radical (unpaired) electrons. The number of aliphatic carboxylic acids is 1. The molecular weight excluding hydrogens is 510 g/mol. The second-order valence-corrected chi connectivity index (χ2v) is 9.69. The van der Waals surface area contributed by atoms with Gasteiger partial charge in [-0.25, -0.2) is 9.78 Å². The molecule has 3 aromatic carbocycles. The predicted molar refractivity (Wildman–Crippen MR) is 150 cm³/mol. The number of benzene rings is 3. The Labute approximate surface area is 233 Å². The zero-order chi connectivity index (χ0) is 28.5. The average Bonchev–Trinajstić information content (AvgIpc) is 3.44. The Morgan fingerprint density at radius 3 is 2.20 bits per heavy atom. The third kappa shape index (κ3) is 7.63. The zero-order valence-electron chi connectivity index (χ0n) is 22.7. The molecule has 0 saturated heterocycles. The number of carbonyl (C=O) groups excluding carboxylic acids is 1. The Kier molecular flexibility index (Phi) is 9.40. The Morgan fingerprint density at radius 2 is 1.57 bits per heavy atom. The van der Waals surface area contributed by atoms with Crippen LogP contribution in [0, 0.1) is 5.92 Å². The summed E-state index contributed by atoms with van der Waals surface area (Å²) in [7, 11) is 1.54. The summed E-state index contributed by atoms with van der Waals surface area (Å²) >= 11 is 0. The van der Waals surface area contributed by atoms with E-state index in [1.807, 2.05) is 68.4 Å². The number of methoxy groups -OCH3 is 1. The van der Waals surface area contributed by atoms with Gasteiger partial charge in [-0.1, -0.05) is 56.3 Å². The molecule has 0 fully saturated rings. The van der Waals surface area contributed by atoms with E-state index in [1.165, 1.54) is 4.90 Å². The minimum absolute atomic E-state index is 0.185. The molecule has 0 aliphatic rings. The minimum Gasteiger partial charge on any atom is -0.497 e. The van der Waals surface area contributed by atoms with Crippen molar-refractivity contribution < 1.29 is 28.9 Å². The lowest BCUT2D eigenvalue weighted by atomic mass is 9.95. The summed E-state index contributed by atoms with van der Waals surface area (Å²) in [5.74, 6) is 1.37. The predicted octanol–water partition coefficient (Wildman–Crippen LogP) is 6.34. The van der Waals surface area contributed by atoms with Gasteiger partial charge in [0, 0.05) is 5.56 Å². The summed E-state index contributed by atoms with van der Waals surface area (Å²) < 4.78 is 16.6. The van der Waals surface area contributed by atoms with Gasteiger partial charge < -0.3 is 24.3 Å². The van der Waals surface area contributed by atoms with Gasteiger partial charge in [-0.05, 0) is 54.3 Å². The van der Waals surface area contributed by atoms with Gasteiger partial charge in [0.2, 0.25) is 0 Å². The fourth-order valence-corrected chi connectivity index (χ4v) is 4.26. The number of hydrogen-bond acceptors (Lipinski definition) is 6. The van der Waals surface area contributed by atoms with Crippen molar-refractivity contribution in [3.8, 4) is 28.6 Å². The molecule has 0 bridgehead atoms. The van der Waals surface area contributed by atoms with E-state index in [9.17, 15) is 14.7 Å². The minimum atomic E-state index is -1.13. The van der Waals surface area contributed by atoms with Crippen molar-refractivity contribution in [2.45, 2.75) is 32.9 Å². The van der Waals surface area contributed by atoms with Gasteiger partial charge in [0.1, 0.15) is 36.2 Å². The maximum Gasteiger partial charge on any atom is 0.416 e. The number of carboxylic acids is 1. The number of nitrogens with one attached hydrogen (secondary N) is 1. The Hall–Kier alpha value is -4.79. The first-order chi connectivity index (χ1) is 19.3. The highest BCUT2D eigenvalue weighted by Crippen LogP contribution is 2.31. The number of imidazole rings is 1. The summed E-state index contributed by atoms with van der Waals surface area (Å²) in [4.78, 5) is 33.9. The van der Waals surface area contributed by atoms with Crippen LogP contribution in [0.4, 0.5) is 4.79 Å². The molecule has 1 atom stereocenters. The number of carboxylic acid groups (broad SMARTS) is 1. The van der Waals surface area contributed by atoms with E-state index >= 15 is 0 Å². The maximum atomic E-state index is 13.2. The molecule has 9 heteroatoms. The molecule has 2 N–H and O–H groups in total. The van der Waals surface area contributed by atoms with Crippen molar-refractivity contribution in [2.75, 3.05) is 13.7 Å². The molecule has 0 unspecified atom stereocenters. The Bertz CT molecular complexity index is 1380. The molecule has 0 spiro atoms. The lowest BCUT2D eigenvalue weighted by Gasteiger charge is -2.31. The molecule has 0 saturated carbocycles. The quantitative estimate of drug-likeness (QED) is 0.214. The second-order valence-electron chi connectivity index (χ2n) is 9.69. The molecule has 208 valence electrons. The first-order valence-electron chi connectivity index (χ1n) is 13.0. The molecular formula is C31H33N3O6. The van der Waals surface area contributed by atoms with Gasteiger partial charge in [-0.15, -0.1) is 0 Å². The van der Waals surface area contributed by atoms with Crippen molar-refractivity contribution in [1.29, 1.82) is 0 Å². The van der Waals surface area contributed by atoms with Crippen LogP contribution in [0.5, 0.6) is 17.2 Å². The summed E-state index contributed by atoms with van der Waals surface area (Å²) in [6.07, 6.45) is 1.54. The van der Waals surface area contributed by atoms with Crippen LogP contribution >= 0.6 is 0 Å². The van der Waals surface area contributed by atoms with E-state index in [0.29, 0.717) is 30.3 Å². The normalized spacial score (nSPS) is 11.6. The van der Waals surface area contributed by atoms with E-state index in [-0.39, 0.29) is 5.92 Å². The number of rotatable bonds is 12. The number of carbonyl (C=O) groups is 2. The van der Waals surface area contributed by atoms with Crippen LogP contribution in [0.25, 0.3) is 11.4 Å². The summed E-state index contributed by atoms with van der Waals surface area (Å²) in [6.45, 7) is 3.83. The SMILES string of the molecule is COc1ccc(OC(=O)N(CC(=O)O)[C@@H](CC(C)C)c2ccc(OCc3cnc(-c4ccccc4)[nH]3)cc2)cc1. The molecule has 0 aliphatic heterocycles. The fraction of sp³-hybridized carbons (Fsp3) is 0.258. The van der Waals surface area contributed by atoms with Crippen molar-refractivity contribution in [2.24, 2.45) is 5.92 Å². The molecule has 1 aromatic heterocycles. The second kappa shape index (κ2) is 13.3. The zero-order valence-corrected chi connectivity index (χ0v) is 22.7. The number of nitrogens with zero attached hydrogens (tertiary/aromatic N) is 2.